The summed E-state index contributed by atoms with van der Waals surface area (Å²) < 4.78 is 5.82. The molecule has 5 heteroatoms. The minimum Gasteiger partial charge on any atom is -0.483 e. The van der Waals surface area contributed by atoms with Gasteiger partial charge in [-0.25, -0.2) is 4.98 Å². The number of nitrogens with one attached hydrogen (secondary N) is 2. The monoisotopic (exact) mass is 385 g/mol. The van der Waals surface area contributed by atoms with Gasteiger partial charge in [0.25, 0.3) is 5.91 Å². The van der Waals surface area contributed by atoms with Crippen LogP contribution in [-0.4, -0.2) is 22.5 Å². The number of ether oxygens (including phenoxy) is 1. The van der Waals surface area contributed by atoms with Crippen molar-refractivity contribution < 1.29 is 9.53 Å². The average Bonchev–Trinajstić information content (AvgIpc) is 3.18. The van der Waals surface area contributed by atoms with Crippen LogP contribution in [0.3, 0.4) is 0 Å². The van der Waals surface area contributed by atoms with Crippen molar-refractivity contribution in [3.8, 4) is 5.75 Å². The Kier molecular flexibility index (Phi) is 5.56. The van der Waals surface area contributed by atoms with Gasteiger partial charge in [0.1, 0.15) is 11.6 Å². The van der Waals surface area contributed by atoms with Gasteiger partial charge in [-0.3, -0.25) is 4.79 Å². The molecule has 146 valence electrons. The highest BCUT2D eigenvalue weighted by Crippen LogP contribution is 2.21. The van der Waals surface area contributed by atoms with E-state index in [0.717, 1.165) is 34.6 Å². The van der Waals surface area contributed by atoms with Crippen LogP contribution in [0.5, 0.6) is 5.75 Å². The molecule has 0 fully saturated rings. The highest BCUT2D eigenvalue weighted by molar-refractivity contribution is 5.78. The molecule has 0 bridgehead atoms. The molecule has 0 saturated carbocycles. The zero-order chi connectivity index (χ0) is 20.1. The zero-order valence-electron chi connectivity index (χ0n) is 16.3. The van der Waals surface area contributed by atoms with E-state index in [1.54, 1.807) is 0 Å². The van der Waals surface area contributed by atoms with Crippen molar-refractivity contribution in [1.82, 2.24) is 15.3 Å². The van der Waals surface area contributed by atoms with Crippen molar-refractivity contribution in [1.29, 1.82) is 0 Å². The molecule has 4 rings (SSSR count). The molecule has 0 saturated heterocycles. The minimum absolute atomic E-state index is 0.0453. The molecule has 0 aliphatic carbocycles. The maximum absolute atomic E-state index is 12.4. The number of H-pyrrole nitrogens is 1. The number of para-hydroxylation sites is 3. The van der Waals surface area contributed by atoms with Crippen molar-refractivity contribution in [3.63, 3.8) is 0 Å². The molecular weight excluding hydrogens is 362 g/mol. The molecule has 0 spiro atoms. The Morgan fingerprint density at radius 1 is 1.00 bits per heavy atom. The van der Waals surface area contributed by atoms with Gasteiger partial charge in [-0.15, -0.1) is 0 Å². The molecule has 0 aliphatic rings. The van der Waals surface area contributed by atoms with E-state index in [9.17, 15) is 4.79 Å². The number of aromatic amines is 1. The van der Waals surface area contributed by atoms with Crippen LogP contribution in [-0.2, 0) is 11.2 Å². The second-order valence-electron chi connectivity index (χ2n) is 6.99. The summed E-state index contributed by atoms with van der Waals surface area (Å²) in [6.07, 6.45) is 0.758. The predicted octanol–water partition coefficient (Wildman–Crippen LogP) is 4.41. The Bertz CT molecular complexity index is 1070. The molecular formula is C24H23N3O2. The van der Waals surface area contributed by atoms with Gasteiger partial charge in [0.2, 0.25) is 0 Å². The van der Waals surface area contributed by atoms with E-state index in [1.807, 2.05) is 73.7 Å². The lowest BCUT2D eigenvalue weighted by Gasteiger charge is -2.14. The number of rotatable bonds is 7. The Morgan fingerprint density at radius 3 is 2.55 bits per heavy atom. The molecule has 2 N–H and O–H groups in total. The fraction of sp³-hybridized carbons (Fsp3) is 0.167. The van der Waals surface area contributed by atoms with Gasteiger partial charge >= 0.3 is 0 Å². The number of carbonyl (C=O) groups is 1. The first kappa shape index (κ1) is 18.7. The first-order valence-corrected chi connectivity index (χ1v) is 9.67. The fourth-order valence-electron chi connectivity index (χ4n) is 3.28. The van der Waals surface area contributed by atoms with Crippen LogP contribution < -0.4 is 10.1 Å². The van der Waals surface area contributed by atoms with E-state index in [-0.39, 0.29) is 18.6 Å². The molecule has 0 aliphatic heterocycles. The van der Waals surface area contributed by atoms with E-state index in [0.29, 0.717) is 0 Å². The second kappa shape index (κ2) is 8.61. The van der Waals surface area contributed by atoms with Crippen LogP contribution in [0, 0.1) is 0 Å². The molecule has 1 atom stereocenters. The summed E-state index contributed by atoms with van der Waals surface area (Å²) in [5.74, 6) is 1.26. The van der Waals surface area contributed by atoms with E-state index in [2.05, 4.69) is 27.4 Å². The Labute approximate surface area is 169 Å². The summed E-state index contributed by atoms with van der Waals surface area (Å²) in [7, 11) is 0. The molecule has 0 radical (unpaired) electrons. The summed E-state index contributed by atoms with van der Waals surface area (Å²) in [6.45, 7) is 1.86. The molecule has 1 unspecified atom stereocenters. The number of amides is 1. The van der Waals surface area contributed by atoms with Crippen molar-refractivity contribution >= 4 is 16.9 Å². The van der Waals surface area contributed by atoms with Gasteiger partial charge in [0, 0.05) is 6.42 Å². The van der Waals surface area contributed by atoms with Crippen molar-refractivity contribution in [2.75, 3.05) is 6.61 Å². The van der Waals surface area contributed by atoms with Gasteiger partial charge in [-0.05, 0) is 36.2 Å². The van der Waals surface area contributed by atoms with E-state index < -0.39 is 0 Å². The number of aromatic nitrogens is 2. The smallest absolute Gasteiger partial charge is 0.258 e. The Hall–Kier alpha value is -3.60. The predicted molar refractivity (Wildman–Crippen MR) is 114 cm³/mol. The van der Waals surface area contributed by atoms with Crippen LogP contribution >= 0.6 is 0 Å². The lowest BCUT2D eigenvalue weighted by molar-refractivity contribution is -0.123. The second-order valence-corrected chi connectivity index (χ2v) is 6.99. The third-order valence-electron chi connectivity index (χ3n) is 4.76. The summed E-state index contributed by atoms with van der Waals surface area (Å²) in [5.41, 5.74) is 4.09. The van der Waals surface area contributed by atoms with Crippen molar-refractivity contribution in [3.05, 3.63) is 95.8 Å². The lowest BCUT2D eigenvalue weighted by Crippen LogP contribution is -2.31. The first-order valence-electron chi connectivity index (χ1n) is 9.67. The maximum atomic E-state index is 12.4. The van der Waals surface area contributed by atoms with Gasteiger partial charge < -0.3 is 15.0 Å². The molecule has 1 heterocycles. The van der Waals surface area contributed by atoms with Gasteiger partial charge in [-0.1, -0.05) is 60.7 Å². The van der Waals surface area contributed by atoms with Gasteiger partial charge in [0.15, 0.2) is 6.61 Å². The lowest BCUT2D eigenvalue weighted by atomic mass is 10.0. The standard InChI is InChI=1S/C24H23N3O2/c1-17(24-26-20-12-6-7-13-21(20)27-24)25-23(28)16-29-22-14-8-5-11-19(22)15-18-9-3-2-4-10-18/h2-14,17H,15-16H2,1H3,(H,25,28)(H,26,27). The number of nitrogens with zero attached hydrogens (tertiary/aromatic N) is 1. The molecule has 1 aromatic heterocycles. The van der Waals surface area contributed by atoms with E-state index in [4.69, 9.17) is 4.74 Å². The SMILES string of the molecule is CC(NC(=O)COc1ccccc1Cc1ccccc1)c1nc2ccccc2[nH]1. The number of benzene rings is 3. The normalized spacial score (nSPS) is 11.9. The van der Waals surface area contributed by atoms with Gasteiger partial charge in [-0.2, -0.15) is 0 Å². The Balaban J connectivity index is 1.37. The van der Waals surface area contributed by atoms with E-state index in [1.165, 1.54) is 5.56 Å². The third kappa shape index (κ3) is 4.63. The summed E-state index contributed by atoms with van der Waals surface area (Å²) in [5, 5.41) is 2.94. The topological polar surface area (TPSA) is 67.0 Å². The minimum atomic E-state index is -0.238. The molecule has 5 nitrogen and oxygen atoms in total. The van der Waals surface area contributed by atoms with Crippen molar-refractivity contribution in [2.24, 2.45) is 0 Å². The van der Waals surface area contributed by atoms with Crippen LogP contribution in [0.25, 0.3) is 11.0 Å². The fourth-order valence-corrected chi connectivity index (χ4v) is 3.28. The molecule has 1 amide bonds. The highest BCUT2D eigenvalue weighted by atomic mass is 16.5. The third-order valence-corrected chi connectivity index (χ3v) is 4.76. The average molecular weight is 385 g/mol. The van der Waals surface area contributed by atoms with Crippen molar-refractivity contribution in [2.45, 2.75) is 19.4 Å². The molecule has 4 aromatic rings. The van der Waals surface area contributed by atoms with Crippen LogP contribution in [0.4, 0.5) is 0 Å². The quantitative estimate of drug-likeness (QED) is 0.495. The van der Waals surface area contributed by atoms with E-state index >= 15 is 0 Å². The highest BCUT2D eigenvalue weighted by Gasteiger charge is 2.14. The maximum Gasteiger partial charge on any atom is 0.258 e. The Morgan fingerprint density at radius 2 is 1.72 bits per heavy atom. The number of imidazole rings is 1. The van der Waals surface area contributed by atoms with Crippen LogP contribution in [0.2, 0.25) is 0 Å². The zero-order valence-corrected chi connectivity index (χ0v) is 16.3. The molecule has 29 heavy (non-hydrogen) atoms. The summed E-state index contributed by atoms with van der Waals surface area (Å²) >= 11 is 0. The largest absolute Gasteiger partial charge is 0.483 e. The number of carbonyl (C=O) groups excluding carboxylic acids is 1. The van der Waals surface area contributed by atoms with Crippen LogP contribution in [0.1, 0.15) is 29.9 Å². The van der Waals surface area contributed by atoms with Gasteiger partial charge in [0.05, 0.1) is 17.1 Å². The number of fused-ring (bicyclic) bond motifs is 1. The summed E-state index contributed by atoms with van der Waals surface area (Å²) in [4.78, 5) is 20.2. The summed E-state index contributed by atoms with van der Waals surface area (Å²) in [6, 6.07) is 25.6. The molecule has 3 aromatic carbocycles. The van der Waals surface area contributed by atoms with Crippen LogP contribution in [0.15, 0.2) is 78.9 Å². The number of hydrogen-bond acceptors (Lipinski definition) is 3. The number of hydrogen-bond donors (Lipinski definition) is 2. The first-order chi connectivity index (χ1) is 14.2.